The number of benzene rings is 2. The molecule has 0 aliphatic heterocycles. The van der Waals surface area contributed by atoms with Crippen LogP contribution in [0.2, 0.25) is 0 Å². The molecule has 27 heavy (non-hydrogen) atoms. The molecule has 0 amide bonds. The van der Waals surface area contributed by atoms with Crippen LogP contribution in [0.5, 0.6) is 0 Å². The van der Waals surface area contributed by atoms with Crippen LogP contribution in [-0.2, 0) is 0 Å². The van der Waals surface area contributed by atoms with Gasteiger partial charge in [0.2, 0.25) is 0 Å². The van der Waals surface area contributed by atoms with E-state index in [1.807, 2.05) is 30.5 Å². The second-order valence-electron chi connectivity index (χ2n) is 6.29. The van der Waals surface area contributed by atoms with E-state index >= 15 is 0 Å². The average molecular weight is 467 g/mol. The van der Waals surface area contributed by atoms with Crippen molar-refractivity contribution in [2.75, 3.05) is 5.43 Å². The Hall–Kier alpha value is -2.74. The Labute approximate surface area is 171 Å². The maximum absolute atomic E-state index is 4.39. The van der Waals surface area contributed by atoms with Gasteiger partial charge in [0.15, 0.2) is 5.82 Å². The average Bonchev–Trinajstić information content (AvgIpc) is 2.96. The highest BCUT2D eigenvalue weighted by Crippen LogP contribution is 2.21. The normalized spacial score (nSPS) is 11.4. The van der Waals surface area contributed by atoms with Gasteiger partial charge in [-0.25, -0.2) is 0 Å². The maximum Gasteiger partial charge on any atom is 0.176 e. The highest BCUT2D eigenvalue weighted by Gasteiger charge is 2.09. The number of nitrogens with zero attached hydrogens (tertiary/aromatic N) is 4. The van der Waals surface area contributed by atoms with Crippen molar-refractivity contribution < 1.29 is 0 Å². The summed E-state index contributed by atoms with van der Waals surface area (Å²) in [6.07, 6.45) is 3.58. The van der Waals surface area contributed by atoms with E-state index in [9.17, 15) is 0 Å². The molecule has 2 heterocycles. The van der Waals surface area contributed by atoms with Crippen molar-refractivity contribution in [1.29, 1.82) is 0 Å². The SMILES string of the molecule is Cc1cc(/C=N/Nc2nncc3ccccc23)c(C)n1-c1ccc(I)cc1. The summed E-state index contributed by atoms with van der Waals surface area (Å²) in [5.41, 5.74) is 7.55. The Balaban J connectivity index is 1.61. The molecule has 0 bridgehead atoms. The molecule has 0 spiro atoms. The minimum atomic E-state index is 0.649. The second-order valence-corrected chi connectivity index (χ2v) is 7.53. The van der Waals surface area contributed by atoms with Gasteiger partial charge in [-0.1, -0.05) is 24.3 Å². The van der Waals surface area contributed by atoms with E-state index < -0.39 is 0 Å². The van der Waals surface area contributed by atoms with Crippen molar-refractivity contribution in [3.05, 3.63) is 81.3 Å². The molecular weight excluding hydrogens is 449 g/mol. The summed E-state index contributed by atoms with van der Waals surface area (Å²) in [6, 6.07) is 18.6. The molecule has 0 atom stereocenters. The lowest BCUT2D eigenvalue weighted by Gasteiger charge is -2.09. The second kappa shape index (κ2) is 7.48. The molecule has 0 aliphatic rings. The minimum Gasteiger partial charge on any atom is -0.318 e. The van der Waals surface area contributed by atoms with Crippen molar-refractivity contribution in [3.8, 4) is 5.69 Å². The molecule has 4 rings (SSSR count). The number of anilines is 1. The predicted molar refractivity (Wildman–Crippen MR) is 119 cm³/mol. The third-order valence-electron chi connectivity index (χ3n) is 4.50. The number of aromatic nitrogens is 3. The summed E-state index contributed by atoms with van der Waals surface area (Å²) in [5.74, 6) is 0.649. The van der Waals surface area contributed by atoms with Crippen molar-refractivity contribution >= 4 is 45.4 Å². The topological polar surface area (TPSA) is 55.1 Å². The first kappa shape index (κ1) is 17.7. The van der Waals surface area contributed by atoms with E-state index in [-0.39, 0.29) is 0 Å². The highest BCUT2D eigenvalue weighted by atomic mass is 127. The Morgan fingerprint density at radius 1 is 1.07 bits per heavy atom. The minimum absolute atomic E-state index is 0.649. The van der Waals surface area contributed by atoms with Crippen molar-refractivity contribution in [2.45, 2.75) is 13.8 Å². The fourth-order valence-corrected chi connectivity index (χ4v) is 3.54. The predicted octanol–water partition coefficient (Wildman–Crippen LogP) is 5.09. The Morgan fingerprint density at radius 2 is 1.85 bits per heavy atom. The Kier molecular flexibility index (Phi) is 4.89. The lowest BCUT2D eigenvalue weighted by atomic mass is 10.2. The molecule has 5 nitrogen and oxygen atoms in total. The van der Waals surface area contributed by atoms with Gasteiger partial charge in [0.1, 0.15) is 0 Å². The molecule has 134 valence electrons. The summed E-state index contributed by atoms with van der Waals surface area (Å²) < 4.78 is 3.45. The Bertz CT molecular complexity index is 1120. The first-order valence-corrected chi connectivity index (χ1v) is 9.66. The lowest BCUT2D eigenvalue weighted by Crippen LogP contribution is -2.00. The number of fused-ring (bicyclic) bond motifs is 1. The lowest BCUT2D eigenvalue weighted by molar-refractivity contribution is 0.964. The molecule has 1 N–H and O–H groups in total. The summed E-state index contributed by atoms with van der Waals surface area (Å²) in [4.78, 5) is 0. The number of rotatable bonds is 4. The van der Waals surface area contributed by atoms with Gasteiger partial charge in [0.25, 0.3) is 0 Å². The van der Waals surface area contributed by atoms with E-state index in [2.05, 4.69) is 92.1 Å². The van der Waals surface area contributed by atoms with Crippen molar-refractivity contribution in [1.82, 2.24) is 14.8 Å². The Morgan fingerprint density at radius 3 is 2.67 bits per heavy atom. The largest absolute Gasteiger partial charge is 0.318 e. The molecule has 0 saturated heterocycles. The van der Waals surface area contributed by atoms with Crippen LogP contribution in [0.25, 0.3) is 16.5 Å². The summed E-state index contributed by atoms with van der Waals surface area (Å²) in [5, 5.41) is 14.6. The van der Waals surface area contributed by atoms with Crippen LogP contribution in [0.15, 0.2) is 65.9 Å². The molecule has 0 radical (unpaired) electrons. The number of nitrogens with one attached hydrogen (secondary N) is 1. The van der Waals surface area contributed by atoms with E-state index in [4.69, 9.17) is 0 Å². The van der Waals surface area contributed by atoms with Crippen molar-refractivity contribution in [2.24, 2.45) is 5.10 Å². The summed E-state index contributed by atoms with van der Waals surface area (Å²) in [6.45, 7) is 4.20. The molecule has 0 aliphatic carbocycles. The van der Waals surface area contributed by atoms with Crippen LogP contribution in [-0.4, -0.2) is 21.0 Å². The van der Waals surface area contributed by atoms with E-state index in [0.717, 1.165) is 27.7 Å². The van der Waals surface area contributed by atoms with Gasteiger partial charge in [-0.05, 0) is 66.8 Å². The van der Waals surface area contributed by atoms with Gasteiger partial charge in [-0.3, -0.25) is 5.43 Å². The van der Waals surface area contributed by atoms with Crippen LogP contribution in [0, 0.1) is 17.4 Å². The van der Waals surface area contributed by atoms with Crippen LogP contribution in [0.3, 0.4) is 0 Å². The number of hydrogen-bond donors (Lipinski definition) is 1. The van der Waals surface area contributed by atoms with Crippen LogP contribution < -0.4 is 5.43 Å². The zero-order valence-corrected chi connectivity index (χ0v) is 17.2. The molecule has 0 unspecified atom stereocenters. The molecule has 4 aromatic rings. The smallest absolute Gasteiger partial charge is 0.176 e. The van der Waals surface area contributed by atoms with Crippen LogP contribution >= 0.6 is 22.6 Å². The van der Waals surface area contributed by atoms with E-state index in [0.29, 0.717) is 5.82 Å². The van der Waals surface area contributed by atoms with E-state index in [1.165, 1.54) is 9.26 Å². The molecule has 0 saturated carbocycles. The maximum atomic E-state index is 4.39. The van der Waals surface area contributed by atoms with Gasteiger partial charge >= 0.3 is 0 Å². The number of halogens is 1. The molecule has 6 heteroatoms. The van der Waals surface area contributed by atoms with Gasteiger partial charge in [-0.15, -0.1) is 5.10 Å². The van der Waals surface area contributed by atoms with Gasteiger partial charge in [-0.2, -0.15) is 10.2 Å². The third-order valence-corrected chi connectivity index (χ3v) is 5.22. The molecule has 0 fully saturated rings. The standard InChI is InChI=1S/C21H18IN5/c1-14-11-17(15(2)27(14)19-9-7-18(22)8-10-19)13-24-26-21-20-6-4-3-5-16(20)12-23-25-21/h3-13H,1-2H3,(H,25,26)/b24-13+. The van der Waals surface area contributed by atoms with E-state index in [1.54, 1.807) is 6.20 Å². The van der Waals surface area contributed by atoms with Crippen LogP contribution in [0.1, 0.15) is 17.0 Å². The van der Waals surface area contributed by atoms with Crippen molar-refractivity contribution in [3.63, 3.8) is 0 Å². The number of aryl methyl sites for hydroxylation is 1. The van der Waals surface area contributed by atoms with Gasteiger partial charge in [0, 0.05) is 37.0 Å². The molecular formula is C21H18IN5. The molecule has 2 aromatic heterocycles. The quantitative estimate of drug-likeness (QED) is 0.259. The fourth-order valence-electron chi connectivity index (χ4n) is 3.18. The number of hydrogen-bond acceptors (Lipinski definition) is 4. The fraction of sp³-hybridized carbons (Fsp3) is 0.0952. The highest BCUT2D eigenvalue weighted by molar-refractivity contribution is 14.1. The van der Waals surface area contributed by atoms with Crippen LogP contribution in [0.4, 0.5) is 5.82 Å². The van der Waals surface area contributed by atoms with Gasteiger partial charge in [0.05, 0.1) is 12.4 Å². The first-order chi connectivity index (χ1) is 13.1. The monoisotopic (exact) mass is 467 g/mol. The third kappa shape index (κ3) is 3.57. The number of hydrazone groups is 1. The zero-order chi connectivity index (χ0) is 18.8. The zero-order valence-electron chi connectivity index (χ0n) is 15.0. The first-order valence-electron chi connectivity index (χ1n) is 8.58. The van der Waals surface area contributed by atoms with Gasteiger partial charge < -0.3 is 4.57 Å². The summed E-state index contributed by atoms with van der Waals surface area (Å²) >= 11 is 2.32. The summed E-state index contributed by atoms with van der Waals surface area (Å²) in [7, 11) is 0. The molecule has 2 aromatic carbocycles.